The molecular formula is C25H28N4OS. The van der Waals surface area contributed by atoms with Crippen molar-refractivity contribution in [3.63, 3.8) is 0 Å². The Hall–Kier alpha value is -2.99. The zero-order chi connectivity index (χ0) is 22.2. The van der Waals surface area contributed by atoms with Crippen molar-refractivity contribution in [2.24, 2.45) is 4.99 Å². The molecule has 3 heterocycles. The van der Waals surface area contributed by atoms with Crippen molar-refractivity contribution in [1.82, 2.24) is 15.2 Å². The standard InChI is InChI=1S/C25H28N4OS/c1-16(2)17-8-10-18(11-9-17)22-23(30)29(5)24(26-4)28-25(22,3)21-13-20(15-31-21)19-7-6-12-27-14-19/h6-16,22H,1-5H3,(H,26,28)/t22-,25+/m0/s1. The van der Waals surface area contributed by atoms with Crippen LogP contribution in [0, 0.1) is 0 Å². The number of thiophene rings is 1. The van der Waals surface area contributed by atoms with Gasteiger partial charge in [-0.15, -0.1) is 11.3 Å². The van der Waals surface area contributed by atoms with Gasteiger partial charge < -0.3 is 5.32 Å². The van der Waals surface area contributed by atoms with E-state index < -0.39 is 5.54 Å². The topological polar surface area (TPSA) is 57.6 Å². The molecule has 2 atom stereocenters. The van der Waals surface area contributed by atoms with Crippen molar-refractivity contribution in [1.29, 1.82) is 0 Å². The van der Waals surface area contributed by atoms with E-state index in [1.807, 2.05) is 12.3 Å². The number of guanidine groups is 1. The van der Waals surface area contributed by atoms with E-state index in [0.717, 1.165) is 21.6 Å². The van der Waals surface area contributed by atoms with Crippen LogP contribution in [-0.2, 0) is 10.3 Å². The Balaban J connectivity index is 1.81. The summed E-state index contributed by atoms with van der Waals surface area (Å²) < 4.78 is 0. The fourth-order valence-corrected chi connectivity index (χ4v) is 5.25. The average Bonchev–Trinajstić information content (AvgIpc) is 3.28. The predicted molar refractivity (Wildman–Crippen MR) is 127 cm³/mol. The third-order valence-corrected chi connectivity index (χ3v) is 7.27. The van der Waals surface area contributed by atoms with Gasteiger partial charge in [0.2, 0.25) is 11.9 Å². The Bertz CT molecular complexity index is 1100. The first kappa shape index (κ1) is 21.2. The summed E-state index contributed by atoms with van der Waals surface area (Å²) in [6.07, 6.45) is 3.64. The monoisotopic (exact) mass is 432 g/mol. The molecule has 0 bridgehead atoms. The SMILES string of the molecule is CN=C1N[C@](C)(c2cc(-c3cccnc3)cs2)[C@@H](c2ccc(C(C)C)cc2)C(=O)N1C. The van der Waals surface area contributed by atoms with E-state index in [0.29, 0.717) is 11.9 Å². The number of nitrogens with zero attached hydrogens (tertiary/aromatic N) is 3. The van der Waals surface area contributed by atoms with Crippen LogP contribution in [0.2, 0.25) is 0 Å². The summed E-state index contributed by atoms with van der Waals surface area (Å²) >= 11 is 1.66. The fourth-order valence-electron chi connectivity index (χ4n) is 4.19. The van der Waals surface area contributed by atoms with Crippen LogP contribution >= 0.6 is 11.3 Å². The normalized spacial score (nSPS) is 22.8. The Kier molecular flexibility index (Phi) is 5.67. The number of amides is 1. The van der Waals surface area contributed by atoms with E-state index in [-0.39, 0.29) is 11.8 Å². The molecule has 0 radical (unpaired) electrons. The van der Waals surface area contributed by atoms with Crippen molar-refractivity contribution in [2.45, 2.75) is 38.1 Å². The maximum absolute atomic E-state index is 13.6. The largest absolute Gasteiger partial charge is 0.345 e. The summed E-state index contributed by atoms with van der Waals surface area (Å²) in [4.78, 5) is 24.9. The Labute approximate surface area is 187 Å². The van der Waals surface area contributed by atoms with Crippen molar-refractivity contribution < 1.29 is 4.79 Å². The number of likely N-dealkylation sites (N-methyl/N-ethyl adjacent to an activating group) is 1. The van der Waals surface area contributed by atoms with Gasteiger partial charge in [-0.3, -0.25) is 19.7 Å². The van der Waals surface area contributed by atoms with Crippen LogP contribution in [0.1, 0.15) is 48.6 Å². The highest BCUT2D eigenvalue weighted by molar-refractivity contribution is 7.10. The highest BCUT2D eigenvalue weighted by Gasteiger charge is 2.49. The zero-order valence-corrected chi connectivity index (χ0v) is 19.4. The molecule has 1 aliphatic rings. The van der Waals surface area contributed by atoms with Gasteiger partial charge in [-0.25, -0.2) is 0 Å². The molecule has 4 rings (SSSR count). The van der Waals surface area contributed by atoms with Crippen LogP contribution in [0.3, 0.4) is 0 Å². The highest BCUT2D eigenvalue weighted by atomic mass is 32.1. The van der Waals surface area contributed by atoms with Gasteiger partial charge >= 0.3 is 0 Å². The number of pyridine rings is 1. The molecule has 0 aliphatic carbocycles. The summed E-state index contributed by atoms with van der Waals surface area (Å²) in [6, 6.07) is 14.6. The van der Waals surface area contributed by atoms with E-state index in [9.17, 15) is 4.79 Å². The molecule has 1 aromatic carbocycles. The quantitative estimate of drug-likeness (QED) is 0.633. The van der Waals surface area contributed by atoms with Gasteiger partial charge in [0.1, 0.15) is 0 Å². The molecule has 0 saturated carbocycles. The number of benzene rings is 1. The summed E-state index contributed by atoms with van der Waals surface area (Å²) in [6.45, 7) is 6.45. The number of carbonyl (C=O) groups excluding carboxylic acids is 1. The van der Waals surface area contributed by atoms with Gasteiger partial charge in [0.05, 0.1) is 11.5 Å². The van der Waals surface area contributed by atoms with Crippen LogP contribution in [0.5, 0.6) is 0 Å². The summed E-state index contributed by atoms with van der Waals surface area (Å²) in [5.41, 5.74) is 3.81. The Morgan fingerprint density at radius 3 is 2.55 bits per heavy atom. The summed E-state index contributed by atoms with van der Waals surface area (Å²) in [7, 11) is 3.49. The molecule has 0 unspecified atom stereocenters. The molecule has 1 N–H and O–H groups in total. The molecule has 0 spiro atoms. The predicted octanol–water partition coefficient (Wildman–Crippen LogP) is 4.98. The van der Waals surface area contributed by atoms with Gasteiger partial charge in [0, 0.05) is 36.9 Å². The maximum atomic E-state index is 13.6. The number of aromatic nitrogens is 1. The molecule has 6 heteroatoms. The third-order valence-electron chi connectivity index (χ3n) is 6.10. The number of nitrogens with one attached hydrogen (secondary N) is 1. The molecule has 3 aromatic rings. The lowest BCUT2D eigenvalue weighted by Gasteiger charge is -2.45. The minimum absolute atomic E-state index is 0.0375. The molecule has 1 amide bonds. The lowest BCUT2D eigenvalue weighted by atomic mass is 9.76. The number of hydrogen-bond acceptors (Lipinski definition) is 4. The van der Waals surface area contributed by atoms with Crippen molar-refractivity contribution in [3.8, 4) is 11.1 Å². The molecule has 1 aliphatic heterocycles. The van der Waals surface area contributed by atoms with E-state index in [2.05, 4.69) is 77.8 Å². The summed E-state index contributed by atoms with van der Waals surface area (Å²) in [5.74, 6) is 0.695. The number of rotatable bonds is 4. The number of aliphatic imine (C=N–C) groups is 1. The molecule has 160 valence electrons. The minimum atomic E-state index is -0.622. The van der Waals surface area contributed by atoms with Crippen LogP contribution in [0.15, 0.2) is 65.2 Å². The van der Waals surface area contributed by atoms with Gasteiger partial charge in [0.15, 0.2) is 0 Å². The first-order valence-electron chi connectivity index (χ1n) is 10.5. The number of carbonyl (C=O) groups is 1. The minimum Gasteiger partial charge on any atom is -0.345 e. The van der Waals surface area contributed by atoms with Crippen LogP contribution in [-0.4, -0.2) is 35.8 Å². The second kappa shape index (κ2) is 8.27. The van der Waals surface area contributed by atoms with Gasteiger partial charge in [0.25, 0.3) is 0 Å². The molecule has 31 heavy (non-hydrogen) atoms. The first-order chi connectivity index (χ1) is 14.8. The van der Waals surface area contributed by atoms with E-state index in [1.165, 1.54) is 5.56 Å². The molecule has 2 aromatic heterocycles. The maximum Gasteiger partial charge on any atom is 0.239 e. The van der Waals surface area contributed by atoms with Crippen LogP contribution in [0.4, 0.5) is 0 Å². The van der Waals surface area contributed by atoms with Crippen molar-refractivity contribution in [3.05, 3.63) is 76.2 Å². The van der Waals surface area contributed by atoms with E-state index in [4.69, 9.17) is 0 Å². The second-order valence-electron chi connectivity index (χ2n) is 8.47. The average molecular weight is 433 g/mol. The third kappa shape index (κ3) is 3.76. The first-order valence-corrected chi connectivity index (χ1v) is 11.3. The lowest BCUT2D eigenvalue weighted by Crippen LogP contribution is -2.62. The zero-order valence-electron chi connectivity index (χ0n) is 18.6. The smallest absolute Gasteiger partial charge is 0.239 e. The Morgan fingerprint density at radius 1 is 1.19 bits per heavy atom. The molecule has 1 saturated heterocycles. The molecular weight excluding hydrogens is 404 g/mol. The number of hydrogen-bond donors (Lipinski definition) is 1. The van der Waals surface area contributed by atoms with E-state index in [1.54, 1.807) is 36.5 Å². The van der Waals surface area contributed by atoms with Crippen molar-refractivity contribution in [2.75, 3.05) is 14.1 Å². The highest BCUT2D eigenvalue weighted by Crippen LogP contribution is 2.44. The molecule has 5 nitrogen and oxygen atoms in total. The van der Waals surface area contributed by atoms with Gasteiger partial charge in [-0.05, 0) is 47.0 Å². The second-order valence-corrected chi connectivity index (χ2v) is 9.38. The van der Waals surface area contributed by atoms with Gasteiger partial charge in [-0.2, -0.15) is 0 Å². The Morgan fingerprint density at radius 2 is 1.94 bits per heavy atom. The van der Waals surface area contributed by atoms with Gasteiger partial charge in [-0.1, -0.05) is 44.2 Å². The van der Waals surface area contributed by atoms with Crippen LogP contribution < -0.4 is 5.32 Å². The molecule has 1 fully saturated rings. The van der Waals surface area contributed by atoms with Crippen molar-refractivity contribution >= 4 is 23.2 Å². The fraction of sp³-hybridized carbons (Fsp3) is 0.320. The summed E-state index contributed by atoms with van der Waals surface area (Å²) in [5, 5.41) is 5.71. The van der Waals surface area contributed by atoms with Crippen LogP contribution in [0.25, 0.3) is 11.1 Å². The lowest BCUT2D eigenvalue weighted by molar-refractivity contribution is -0.131. The van der Waals surface area contributed by atoms with E-state index >= 15 is 0 Å².